The van der Waals surface area contributed by atoms with Crippen molar-refractivity contribution in [2.24, 2.45) is 5.92 Å². The van der Waals surface area contributed by atoms with Crippen molar-refractivity contribution < 1.29 is 14.0 Å². The Balaban J connectivity index is 2.92. The zero-order chi connectivity index (χ0) is 25.6. The van der Waals surface area contributed by atoms with Crippen LogP contribution < -0.4 is 0 Å². The van der Waals surface area contributed by atoms with Crippen LogP contribution in [0.1, 0.15) is 73.8 Å². The summed E-state index contributed by atoms with van der Waals surface area (Å²) in [6.45, 7) is 19.5. The predicted octanol–water partition coefficient (Wildman–Crippen LogP) is 8.44. The molecule has 0 fully saturated rings. The molecule has 0 aromatic heterocycles. The Bertz CT molecular complexity index is 756. The van der Waals surface area contributed by atoms with Gasteiger partial charge in [0.15, 0.2) is 0 Å². The van der Waals surface area contributed by atoms with Crippen LogP contribution in [-0.4, -0.2) is 27.3 Å². The van der Waals surface area contributed by atoms with Gasteiger partial charge in [-0.05, 0) is 53.9 Å². The molecule has 0 heterocycles. The minimum Gasteiger partial charge on any atom is -0.410 e. The minimum atomic E-state index is -2.00. The molecule has 34 heavy (non-hydrogen) atoms. The van der Waals surface area contributed by atoms with E-state index in [0.717, 1.165) is 19.1 Å². The van der Waals surface area contributed by atoms with Crippen molar-refractivity contribution in [2.45, 2.75) is 97.6 Å². The minimum absolute atomic E-state index is 0.0690. The van der Waals surface area contributed by atoms with Gasteiger partial charge in [0.2, 0.25) is 8.32 Å². The third kappa shape index (κ3) is 10.2. The molecule has 190 valence electrons. The predicted molar refractivity (Wildman–Crippen MR) is 149 cm³/mol. The number of aldehydes is 1. The van der Waals surface area contributed by atoms with Gasteiger partial charge in [0.1, 0.15) is 6.29 Å². The molecule has 0 spiro atoms. The molecule has 0 saturated heterocycles. The molecular formula is C30H48O3Si. The first kappa shape index (κ1) is 30.3. The maximum absolute atomic E-state index is 10.7. The number of hydrogen-bond acceptors (Lipinski definition) is 3. The lowest BCUT2D eigenvalue weighted by Crippen LogP contribution is -2.50. The van der Waals surface area contributed by atoms with E-state index in [1.807, 2.05) is 24.3 Å². The summed E-state index contributed by atoms with van der Waals surface area (Å²) in [6.07, 6.45) is 13.0. The van der Waals surface area contributed by atoms with Crippen molar-refractivity contribution >= 4 is 14.6 Å². The van der Waals surface area contributed by atoms with Gasteiger partial charge in [-0.1, -0.05) is 109 Å². The lowest BCUT2D eigenvalue weighted by molar-refractivity contribution is -0.104. The van der Waals surface area contributed by atoms with Gasteiger partial charge < -0.3 is 9.16 Å². The average molecular weight is 485 g/mol. The summed E-state index contributed by atoms with van der Waals surface area (Å²) in [5.41, 5.74) is 3.99. The molecule has 0 aliphatic carbocycles. The molecule has 3 nitrogen and oxygen atoms in total. The summed E-state index contributed by atoms with van der Waals surface area (Å²) in [6, 6.07) is 10.3. The maximum atomic E-state index is 10.7. The molecule has 0 N–H and O–H groups in total. The topological polar surface area (TPSA) is 35.5 Å². The molecule has 2 atom stereocenters. The third-order valence-corrected chi connectivity index (χ3v) is 12.8. The van der Waals surface area contributed by atoms with E-state index in [4.69, 9.17) is 9.16 Å². The zero-order valence-electron chi connectivity index (χ0n) is 22.8. The molecule has 0 amide bonds. The van der Waals surface area contributed by atoms with Gasteiger partial charge in [0, 0.05) is 0 Å². The molecule has 0 aliphatic heterocycles. The molecule has 0 bridgehead atoms. The monoisotopic (exact) mass is 484 g/mol. The molecule has 4 heteroatoms. The number of allylic oxidation sites excluding steroid dienone is 4. The molecular weight excluding hydrogens is 436 g/mol. The lowest BCUT2D eigenvalue weighted by Gasteiger charge is -2.44. The Kier molecular flexibility index (Phi) is 14.3. The van der Waals surface area contributed by atoms with Crippen LogP contribution >= 0.6 is 0 Å². The highest BCUT2D eigenvalue weighted by Gasteiger charge is 2.46. The van der Waals surface area contributed by atoms with Crippen molar-refractivity contribution in [3.05, 3.63) is 71.8 Å². The molecule has 0 unspecified atom stereocenters. The molecule has 1 rings (SSSR count). The van der Waals surface area contributed by atoms with E-state index in [-0.39, 0.29) is 6.10 Å². The van der Waals surface area contributed by atoms with Gasteiger partial charge in [0.25, 0.3) is 0 Å². The number of rotatable bonds is 16. The second kappa shape index (κ2) is 16.0. The van der Waals surface area contributed by atoms with Gasteiger partial charge in [-0.3, -0.25) is 4.79 Å². The van der Waals surface area contributed by atoms with E-state index >= 15 is 0 Å². The van der Waals surface area contributed by atoms with Gasteiger partial charge in [0.05, 0.1) is 19.3 Å². The van der Waals surface area contributed by atoms with Crippen LogP contribution in [0.5, 0.6) is 0 Å². The van der Waals surface area contributed by atoms with Crippen LogP contribution in [0.3, 0.4) is 0 Å². The van der Waals surface area contributed by atoms with Crippen molar-refractivity contribution in [2.75, 3.05) is 6.61 Å². The quantitative estimate of drug-likeness (QED) is 0.0776. The fourth-order valence-electron chi connectivity index (χ4n) is 4.89. The highest BCUT2D eigenvalue weighted by atomic mass is 28.4. The van der Waals surface area contributed by atoms with E-state index in [1.54, 1.807) is 6.08 Å². The smallest absolute Gasteiger partial charge is 0.201 e. The number of benzene rings is 1. The summed E-state index contributed by atoms with van der Waals surface area (Å²) in [5, 5.41) is 0. The van der Waals surface area contributed by atoms with Crippen LogP contribution in [0, 0.1) is 5.92 Å². The summed E-state index contributed by atoms with van der Waals surface area (Å²) in [7, 11) is -2.00. The van der Waals surface area contributed by atoms with Gasteiger partial charge >= 0.3 is 0 Å². The Morgan fingerprint density at radius 3 is 2.09 bits per heavy atom. The second-order valence-electron chi connectivity index (χ2n) is 10.4. The van der Waals surface area contributed by atoms with Crippen LogP contribution in [0.15, 0.2) is 66.3 Å². The van der Waals surface area contributed by atoms with Crippen LogP contribution in [0.2, 0.25) is 16.6 Å². The third-order valence-electron chi connectivity index (χ3n) is 6.70. The molecule has 1 aromatic carbocycles. The summed E-state index contributed by atoms with van der Waals surface area (Å²) >= 11 is 0. The fourth-order valence-corrected chi connectivity index (χ4v) is 10.4. The molecule has 0 saturated carbocycles. The molecule has 1 aromatic rings. The Morgan fingerprint density at radius 1 is 0.912 bits per heavy atom. The van der Waals surface area contributed by atoms with Crippen LogP contribution in [0.25, 0.3) is 0 Å². The van der Waals surface area contributed by atoms with Crippen molar-refractivity contribution in [1.29, 1.82) is 0 Å². The van der Waals surface area contributed by atoms with Crippen molar-refractivity contribution in [3.8, 4) is 0 Å². The molecule has 0 aliphatic rings. The number of carbonyl (C=O) groups is 1. The fraction of sp³-hybridized carbons (Fsp3) is 0.567. The second-order valence-corrected chi connectivity index (χ2v) is 15.8. The first-order valence-electron chi connectivity index (χ1n) is 12.9. The van der Waals surface area contributed by atoms with E-state index < -0.39 is 8.32 Å². The summed E-state index contributed by atoms with van der Waals surface area (Å²) < 4.78 is 12.9. The standard InChI is InChI=1S/C30H48O3Si/c1-24(2)34(25(3)4,26(5)6)33-30(18-16-27(7)13-12-21-31)19-17-28(8)20-22-32-23-29-14-10-9-11-15-29/h9-15,17,19-21,24-27,30H,16,18,22-23H2,1-8H3/b13-12+,19-17+,28-20+/t27-,30+/m0/s1. The van der Waals surface area contributed by atoms with Crippen LogP contribution in [0.4, 0.5) is 0 Å². The Labute approximate surface area is 210 Å². The first-order chi connectivity index (χ1) is 16.1. The van der Waals surface area contributed by atoms with E-state index in [9.17, 15) is 4.79 Å². The highest BCUT2D eigenvalue weighted by molar-refractivity contribution is 6.77. The largest absolute Gasteiger partial charge is 0.410 e. The number of hydrogen-bond donors (Lipinski definition) is 0. The van der Waals surface area contributed by atoms with Gasteiger partial charge in [-0.15, -0.1) is 0 Å². The summed E-state index contributed by atoms with van der Waals surface area (Å²) in [4.78, 5) is 10.7. The normalized spacial score (nSPS) is 15.2. The lowest BCUT2D eigenvalue weighted by atomic mass is 10.0. The number of ether oxygens (including phenoxy) is 1. The van der Waals surface area contributed by atoms with E-state index in [2.05, 4.69) is 85.8 Å². The number of carbonyl (C=O) groups excluding carboxylic acids is 1. The first-order valence-corrected chi connectivity index (χ1v) is 15.0. The average Bonchev–Trinajstić information content (AvgIpc) is 2.79. The SMILES string of the molecule is CC(/C=C/[C@@H](CC[C@@H](C)/C=C/C=O)O[Si](C(C)C)(C(C)C)C(C)C)=C\COCc1ccccc1. The summed E-state index contributed by atoms with van der Waals surface area (Å²) in [5.74, 6) is 0.348. The zero-order valence-corrected chi connectivity index (χ0v) is 23.8. The van der Waals surface area contributed by atoms with Gasteiger partial charge in [-0.2, -0.15) is 0 Å². The van der Waals surface area contributed by atoms with Gasteiger partial charge in [-0.25, -0.2) is 0 Å². The molecule has 0 radical (unpaired) electrons. The Morgan fingerprint density at radius 2 is 1.53 bits per heavy atom. The highest BCUT2D eigenvalue weighted by Crippen LogP contribution is 2.43. The van der Waals surface area contributed by atoms with E-state index in [0.29, 0.717) is 35.8 Å². The maximum Gasteiger partial charge on any atom is 0.201 e. The van der Waals surface area contributed by atoms with Crippen molar-refractivity contribution in [3.63, 3.8) is 0 Å². The Hall–Kier alpha value is -1.75. The van der Waals surface area contributed by atoms with Crippen molar-refractivity contribution in [1.82, 2.24) is 0 Å². The van der Waals surface area contributed by atoms with Crippen LogP contribution in [-0.2, 0) is 20.6 Å². The van der Waals surface area contributed by atoms with E-state index in [1.165, 1.54) is 11.1 Å².